The van der Waals surface area contributed by atoms with E-state index in [1.165, 1.54) is 18.3 Å². The number of nitrogens with zero attached hydrogens (tertiary/aromatic N) is 1. The zero-order valence-corrected chi connectivity index (χ0v) is 8.68. The van der Waals surface area contributed by atoms with E-state index in [0.29, 0.717) is 5.82 Å². The van der Waals surface area contributed by atoms with E-state index in [1.54, 1.807) is 18.3 Å². The highest BCUT2D eigenvalue weighted by atomic mass is 16.4. The fourth-order valence-electron chi connectivity index (χ4n) is 1.29. The van der Waals surface area contributed by atoms with Crippen LogP contribution in [0.2, 0.25) is 0 Å². The summed E-state index contributed by atoms with van der Waals surface area (Å²) in [6.07, 6.45) is 2.96. The summed E-state index contributed by atoms with van der Waals surface area (Å²) in [6, 6.07) is 6.10. The molecule has 0 saturated carbocycles. The maximum Gasteiger partial charge on any atom is 0.354 e. The normalized spacial score (nSPS) is 9.88. The number of pyridine rings is 1. The first-order valence-electron chi connectivity index (χ1n) is 4.81. The summed E-state index contributed by atoms with van der Waals surface area (Å²) in [6.45, 7) is 0. The van der Waals surface area contributed by atoms with Gasteiger partial charge in [0.05, 0.1) is 0 Å². The van der Waals surface area contributed by atoms with E-state index < -0.39 is 11.9 Å². The average molecular weight is 231 g/mol. The molecule has 0 aliphatic heterocycles. The summed E-state index contributed by atoms with van der Waals surface area (Å²) in [5, 5.41) is 11.3. The van der Waals surface area contributed by atoms with Gasteiger partial charge in [-0.1, -0.05) is 0 Å². The van der Waals surface area contributed by atoms with Crippen LogP contribution in [-0.4, -0.2) is 27.0 Å². The first kappa shape index (κ1) is 10.9. The van der Waals surface area contributed by atoms with Gasteiger partial charge in [-0.25, -0.2) is 9.78 Å². The van der Waals surface area contributed by atoms with E-state index in [2.05, 4.69) is 15.3 Å². The number of carboxylic acid groups (broad SMARTS) is 1. The van der Waals surface area contributed by atoms with Crippen LogP contribution in [0, 0.1) is 0 Å². The van der Waals surface area contributed by atoms with Crippen LogP contribution in [0.1, 0.15) is 20.8 Å². The first-order chi connectivity index (χ1) is 8.16. The molecule has 1 amide bonds. The van der Waals surface area contributed by atoms with E-state index in [4.69, 9.17) is 5.11 Å². The van der Waals surface area contributed by atoms with Crippen LogP contribution >= 0.6 is 0 Å². The standard InChI is InChI=1S/C11H9N3O3/c15-10(14-9-2-1-4-13-9)7-3-5-12-8(6-7)11(16)17/h1-6,13H,(H,14,15)(H,16,17). The summed E-state index contributed by atoms with van der Waals surface area (Å²) in [5.41, 5.74) is 0.0798. The molecular weight excluding hydrogens is 222 g/mol. The fraction of sp³-hybridized carbons (Fsp3) is 0. The molecule has 0 atom stereocenters. The van der Waals surface area contributed by atoms with E-state index in [9.17, 15) is 9.59 Å². The number of aromatic amines is 1. The molecule has 2 aromatic rings. The van der Waals surface area contributed by atoms with Gasteiger partial charge < -0.3 is 15.4 Å². The van der Waals surface area contributed by atoms with Gasteiger partial charge in [-0.15, -0.1) is 0 Å². The number of carbonyl (C=O) groups excluding carboxylic acids is 1. The molecule has 6 heteroatoms. The molecule has 3 N–H and O–H groups in total. The summed E-state index contributed by atoms with van der Waals surface area (Å²) in [5.74, 6) is -1.01. The van der Waals surface area contributed by atoms with E-state index in [0.717, 1.165) is 0 Å². The second-order valence-electron chi connectivity index (χ2n) is 3.27. The van der Waals surface area contributed by atoms with Gasteiger partial charge in [0.25, 0.3) is 5.91 Å². The Morgan fingerprint density at radius 2 is 2.18 bits per heavy atom. The van der Waals surface area contributed by atoms with Crippen molar-refractivity contribution in [2.24, 2.45) is 0 Å². The lowest BCUT2D eigenvalue weighted by atomic mass is 10.2. The number of anilines is 1. The number of hydrogen-bond donors (Lipinski definition) is 3. The second-order valence-corrected chi connectivity index (χ2v) is 3.27. The van der Waals surface area contributed by atoms with Crippen molar-refractivity contribution in [3.05, 3.63) is 47.9 Å². The Bertz CT molecular complexity index is 549. The zero-order valence-electron chi connectivity index (χ0n) is 8.68. The predicted octanol–water partition coefficient (Wildman–Crippen LogP) is 1.36. The fourth-order valence-corrected chi connectivity index (χ4v) is 1.29. The largest absolute Gasteiger partial charge is 0.477 e. The Balaban J connectivity index is 2.19. The van der Waals surface area contributed by atoms with Gasteiger partial charge >= 0.3 is 5.97 Å². The monoisotopic (exact) mass is 231 g/mol. The molecular formula is C11H9N3O3. The van der Waals surface area contributed by atoms with Gasteiger partial charge in [0.1, 0.15) is 11.5 Å². The number of carbonyl (C=O) groups is 2. The molecule has 0 saturated heterocycles. The van der Waals surface area contributed by atoms with Crippen LogP contribution in [0.25, 0.3) is 0 Å². The number of aromatic carboxylic acids is 1. The molecule has 0 aromatic carbocycles. The average Bonchev–Trinajstić information content (AvgIpc) is 2.82. The Kier molecular flexibility index (Phi) is 2.87. The number of amides is 1. The zero-order chi connectivity index (χ0) is 12.3. The van der Waals surface area contributed by atoms with Gasteiger partial charge in [0, 0.05) is 18.0 Å². The number of hydrogen-bond acceptors (Lipinski definition) is 3. The highest BCUT2D eigenvalue weighted by molar-refractivity contribution is 6.04. The molecule has 0 radical (unpaired) electrons. The molecule has 2 rings (SSSR count). The lowest BCUT2D eigenvalue weighted by Crippen LogP contribution is -2.13. The molecule has 17 heavy (non-hydrogen) atoms. The van der Waals surface area contributed by atoms with Gasteiger partial charge in [0.2, 0.25) is 0 Å². The highest BCUT2D eigenvalue weighted by Crippen LogP contribution is 2.07. The van der Waals surface area contributed by atoms with Crippen molar-refractivity contribution in [2.75, 3.05) is 5.32 Å². The van der Waals surface area contributed by atoms with E-state index in [1.807, 2.05) is 0 Å². The maximum absolute atomic E-state index is 11.7. The van der Waals surface area contributed by atoms with E-state index >= 15 is 0 Å². The van der Waals surface area contributed by atoms with Crippen LogP contribution in [0.4, 0.5) is 5.82 Å². The minimum atomic E-state index is -1.17. The van der Waals surface area contributed by atoms with Crippen LogP contribution in [0.5, 0.6) is 0 Å². The van der Waals surface area contributed by atoms with Gasteiger partial charge in [-0.2, -0.15) is 0 Å². The van der Waals surface area contributed by atoms with Crippen molar-refractivity contribution in [1.29, 1.82) is 0 Å². The smallest absolute Gasteiger partial charge is 0.354 e. The van der Waals surface area contributed by atoms with Crippen molar-refractivity contribution < 1.29 is 14.7 Å². The summed E-state index contributed by atoms with van der Waals surface area (Å²) in [4.78, 5) is 28.9. The number of carboxylic acids is 1. The van der Waals surface area contributed by atoms with Crippen LogP contribution in [0.3, 0.4) is 0 Å². The van der Waals surface area contributed by atoms with Crippen molar-refractivity contribution >= 4 is 17.7 Å². The third kappa shape index (κ3) is 2.49. The summed E-state index contributed by atoms with van der Waals surface area (Å²) < 4.78 is 0. The van der Waals surface area contributed by atoms with Crippen molar-refractivity contribution in [3.63, 3.8) is 0 Å². The second kappa shape index (κ2) is 4.48. The molecule has 0 aliphatic rings. The molecule has 86 valence electrons. The molecule has 6 nitrogen and oxygen atoms in total. The maximum atomic E-state index is 11.7. The molecule has 2 aromatic heterocycles. The van der Waals surface area contributed by atoms with Crippen LogP contribution < -0.4 is 5.32 Å². The van der Waals surface area contributed by atoms with Gasteiger partial charge in [0.15, 0.2) is 0 Å². The van der Waals surface area contributed by atoms with Crippen LogP contribution in [0.15, 0.2) is 36.7 Å². The number of H-pyrrole nitrogens is 1. The minimum absolute atomic E-state index is 0.163. The summed E-state index contributed by atoms with van der Waals surface area (Å²) >= 11 is 0. The number of aromatic nitrogens is 2. The topological polar surface area (TPSA) is 95.1 Å². The van der Waals surface area contributed by atoms with Crippen molar-refractivity contribution in [1.82, 2.24) is 9.97 Å². The minimum Gasteiger partial charge on any atom is -0.477 e. The molecule has 0 unspecified atom stereocenters. The number of rotatable bonds is 3. The third-order valence-corrected chi connectivity index (χ3v) is 2.09. The van der Waals surface area contributed by atoms with E-state index in [-0.39, 0.29) is 11.3 Å². The molecule has 0 bridgehead atoms. The first-order valence-corrected chi connectivity index (χ1v) is 4.81. The van der Waals surface area contributed by atoms with Gasteiger partial charge in [-0.3, -0.25) is 4.79 Å². The quantitative estimate of drug-likeness (QED) is 0.743. The van der Waals surface area contributed by atoms with Gasteiger partial charge in [-0.05, 0) is 24.3 Å². The predicted molar refractivity (Wildman–Crippen MR) is 59.9 cm³/mol. The molecule has 2 heterocycles. The Hall–Kier alpha value is -2.63. The van der Waals surface area contributed by atoms with Crippen molar-refractivity contribution in [3.8, 4) is 0 Å². The highest BCUT2D eigenvalue weighted by Gasteiger charge is 2.10. The molecule has 0 fully saturated rings. The Morgan fingerprint density at radius 3 is 2.82 bits per heavy atom. The molecule has 0 spiro atoms. The summed E-state index contributed by atoms with van der Waals surface area (Å²) in [7, 11) is 0. The lowest BCUT2D eigenvalue weighted by molar-refractivity contribution is 0.0690. The van der Waals surface area contributed by atoms with Crippen LogP contribution in [-0.2, 0) is 0 Å². The Morgan fingerprint density at radius 1 is 1.35 bits per heavy atom. The molecule has 0 aliphatic carbocycles. The third-order valence-electron chi connectivity index (χ3n) is 2.09. The SMILES string of the molecule is O=C(Nc1ccc[nH]1)c1ccnc(C(=O)O)c1. The lowest BCUT2D eigenvalue weighted by Gasteiger charge is -2.03. The number of nitrogens with one attached hydrogen (secondary N) is 2. The van der Waals surface area contributed by atoms with Crippen molar-refractivity contribution in [2.45, 2.75) is 0 Å². The Labute approximate surface area is 96.3 Å².